The molecule has 0 radical (unpaired) electrons. The average Bonchev–Trinajstić information content (AvgIpc) is 3.23. The Morgan fingerprint density at radius 1 is 1.39 bits per heavy atom. The van der Waals surface area contributed by atoms with Gasteiger partial charge in [0.1, 0.15) is 17.0 Å². The average molecular weight is 347 g/mol. The number of likely N-dealkylation sites (tertiary alicyclic amines) is 1. The smallest absolute Gasteiger partial charge is 0.265 e. The second-order valence-corrected chi connectivity index (χ2v) is 7.13. The number of carbonyl (C=O) groups excluding carboxylic acids is 1. The van der Waals surface area contributed by atoms with Crippen molar-refractivity contribution in [3.05, 3.63) is 46.3 Å². The number of benzene rings is 1. The van der Waals surface area contributed by atoms with Crippen molar-refractivity contribution >= 4 is 38.9 Å². The fourth-order valence-electron chi connectivity index (χ4n) is 3.09. The Bertz CT molecular complexity index is 845. The van der Waals surface area contributed by atoms with E-state index in [-0.39, 0.29) is 11.8 Å². The number of hydrogen-bond acceptors (Lipinski definition) is 4. The van der Waals surface area contributed by atoms with E-state index in [2.05, 4.69) is 15.2 Å². The summed E-state index contributed by atoms with van der Waals surface area (Å²) >= 11 is 7.91. The molecule has 4 rings (SSSR count). The van der Waals surface area contributed by atoms with Gasteiger partial charge in [-0.3, -0.25) is 9.89 Å². The second-order valence-electron chi connectivity index (χ2n) is 5.70. The molecule has 0 saturated carbocycles. The van der Waals surface area contributed by atoms with Crippen molar-refractivity contribution in [3.63, 3.8) is 0 Å². The van der Waals surface area contributed by atoms with Crippen LogP contribution in [0.15, 0.2) is 30.6 Å². The molecule has 1 amide bonds. The quantitative estimate of drug-likeness (QED) is 0.769. The molecule has 0 spiro atoms. The molecule has 23 heavy (non-hydrogen) atoms. The Hall–Kier alpha value is -1.92. The predicted molar refractivity (Wildman–Crippen MR) is 91.1 cm³/mol. The standard InChI is InChI=1S/C16H15ClN4OS/c17-13-11-5-1-2-6-12(11)23-14(13)16(22)21-7-3-4-10(8-21)15-18-9-19-20-15/h1-2,5-6,9-10H,3-4,7-8H2,(H,18,19,20)/t10-/m1/s1. The van der Waals surface area contributed by atoms with Crippen molar-refractivity contribution in [2.24, 2.45) is 0 Å². The summed E-state index contributed by atoms with van der Waals surface area (Å²) in [6.45, 7) is 1.41. The first kappa shape index (κ1) is 14.7. The lowest BCUT2D eigenvalue weighted by atomic mass is 9.97. The highest BCUT2D eigenvalue weighted by Crippen LogP contribution is 2.36. The summed E-state index contributed by atoms with van der Waals surface area (Å²) in [6.07, 6.45) is 3.48. The summed E-state index contributed by atoms with van der Waals surface area (Å²) in [4.78, 5) is 19.7. The molecule has 0 aliphatic carbocycles. The molecular formula is C16H15ClN4OS. The molecule has 0 bridgehead atoms. The second kappa shape index (κ2) is 5.94. The highest BCUT2D eigenvalue weighted by atomic mass is 35.5. The van der Waals surface area contributed by atoms with Crippen LogP contribution in [-0.4, -0.2) is 39.1 Å². The molecule has 7 heteroatoms. The first-order chi connectivity index (χ1) is 11.2. The number of nitrogens with zero attached hydrogens (tertiary/aromatic N) is 3. The van der Waals surface area contributed by atoms with Gasteiger partial charge >= 0.3 is 0 Å². The third-order valence-electron chi connectivity index (χ3n) is 4.26. The number of fused-ring (bicyclic) bond motifs is 1. The Balaban J connectivity index is 1.61. The number of thiophene rings is 1. The molecule has 3 heterocycles. The maximum Gasteiger partial charge on any atom is 0.265 e. The summed E-state index contributed by atoms with van der Waals surface area (Å²) in [5, 5.41) is 8.34. The van der Waals surface area contributed by atoms with Crippen molar-refractivity contribution in [1.82, 2.24) is 20.1 Å². The highest BCUT2D eigenvalue weighted by Gasteiger charge is 2.29. The van der Waals surface area contributed by atoms with Gasteiger partial charge in [0.25, 0.3) is 5.91 Å². The minimum Gasteiger partial charge on any atom is -0.337 e. The highest BCUT2D eigenvalue weighted by molar-refractivity contribution is 7.21. The van der Waals surface area contributed by atoms with Crippen molar-refractivity contribution in [3.8, 4) is 0 Å². The van der Waals surface area contributed by atoms with Gasteiger partial charge in [-0.25, -0.2) is 4.98 Å². The number of nitrogens with one attached hydrogen (secondary N) is 1. The third kappa shape index (κ3) is 2.62. The van der Waals surface area contributed by atoms with E-state index in [1.54, 1.807) is 0 Å². The third-order valence-corrected chi connectivity index (χ3v) is 5.92. The van der Waals surface area contributed by atoms with Gasteiger partial charge in [-0.2, -0.15) is 5.10 Å². The Morgan fingerprint density at radius 2 is 2.26 bits per heavy atom. The van der Waals surface area contributed by atoms with Crippen molar-refractivity contribution < 1.29 is 4.79 Å². The lowest BCUT2D eigenvalue weighted by Gasteiger charge is -2.31. The molecule has 0 unspecified atom stereocenters. The summed E-state index contributed by atoms with van der Waals surface area (Å²) in [5.41, 5.74) is 0. The SMILES string of the molecule is O=C(c1sc2ccccc2c1Cl)N1CCC[C@@H](c2ncn[nH]2)C1. The van der Waals surface area contributed by atoms with E-state index in [0.29, 0.717) is 16.4 Å². The van der Waals surface area contributed by atoms with Crippen LogP contribution in [0.5, 0.6) is 0 Å². The van der Waals surface area contributed by atoms with E-state index >= 15 is 0 Å². The topological polar surface area (TPSA) is 61.9 Å². The zero-order valence-electron chi connectivity index (χ0n) is 12.3. The zero-order valence-corrected chi connectivity index (χ0v) is 13.9. The van der Waals surface area contributed by atoms with E-state index < -0.39 is 0 Å². The molecule has 3 aromatic rings. The number of piperidine rings is 1. The Labute approximate surface area is 142 Å². The molecule has 1 N–H and O–H groups in total. The van der Waals surface area contributed by atoms with Crippen LogP contribution in [-0.2, 0) is 0 Å². The van der Waals surface area contributed by atoms with Crippen LogP contribution in [0.2, 0.25) is 5.02 Å². The summed E-state index contributed by atoms with van der Waals surface area (Å²) in [6, 6.07) is 7.86. The van der Waals surface area contributed by atoms with Crippen LogP contribution in [0.25, 0.3) is 10.1 Å². The lowest BCUT2D eigenvalue weighted by molar-refractivity contribution is 0.0710. The zero-order chi connectivity index (χ0) is 15.8. The van der Waals surface area contributed by atoms with Gasteiger partial charge in [-0.05, 0) is 18.9 Å². The number of halogens is 1. The minimum atomic E-state index is 0.0143. The number of rotatable bonds is 2. The number of amides is 1. The maximum absolute atomic E-state index is 12.9. The van der Waals surface area contributed by atoms with Crippen LogP contribution in [0, 0.1) is 0 Å². The van der Waals surface area contributed by atoms with Crippen molar-refractivity contribution in [1.29, 1.82) is 0 Å². The Morgan fingerprint density at radius 3 is 3.04 bits per heavy atom. The van der Waals surface area contributed by atoms with Crippen molar-refractivity contribution in [2.75, 3.05) is 13.1 Å². The number of aromatic amines is 1. The van der Waals surface area contributed by atoms with Gasteiger partial charge in [0, 0.05) is 29.1 Å². The fraction of sp³-hybridized carbons (Fsp3) is 0.312. The molecule has 1 aliphatic heterocycles. The first-order valence-electron chi connectivity index (χ1n) is 7.55. The van der Waals surface area contributed by atoms with E-state index in [9.17, 15) is 4.79 Å². The fourth-order valence-corrected chi connectivity index (χ4v) is 4.57. The van der Waals surface area contributed by atoms with Crippen LogP contribution in [0.1, 0.15) is 34.3 Å². The summed E-state index contributed by atoms with van der Waals surface area (Å²) in [7, 11) is 0. The minimum absolute atomic E-state index is 0.0143. The molecule has 2 aromatic heterocycles. The van der Waals surface area contributed by atoms with Gasteiger partial charge in [0.05, 0.1) is 5.02 Å². The largest absolute Gasteiger partial charge is 0.337 e. The molecule has 118 valence electrons. The van der Waals surface area contributed by atoms with Crippen LogP contribution < -0.4 is 0 Å². The van der Waals surface area contributed by atoms with Gasteiger partial charge in [-0.15, -0.1) is 11.3 Å². The number of hydrogen-bond donors (Lipinski definition) is 1. The number of carbonyl (C=O) groups is 1. The van der Waals surface area contributed by atoms with Crippen LogP contribution in [0.4, 0.5) is 0 Å². The number of aromatic nitrogens is 3. The molecule has 1 aromatic carbocycles. The molecule has 1 saturated heterocycles. The van der Waals surface area contributed by atoms with E-state index in [1.165, 1.54) is 17.7 Å². The van der Waals surface area contributed by atoms with Gasteiger partial charge < -0.3 is 4.90 Å². The van der Waals surface area contributed by atoms with Gasteiger partial charge in [0.15, 0.2) is 0 Å². The normalized spacial score (nSPS) is 18.5. The van der Waals surface area contributed by atoms with Crippen molar-refractivity contribution in [2.45, 2.75) is 18.8 Å². The van der Waals surface area contributed by atoms with Gasteiger partial charge in [-0.1, -0.05) is 29.8 Å². The predicted octanol–water partition coefficient (Wildman–Crippen LogP) is 3.69. The van der Waals surface area contributed by atoms with Gasteiger partial charge in [0.2, 0.25) is 0 Å². The van der Waals surface area contributed by atoms with Crippen LogP contribution in [0.3, 0.4) is 0 Å². The number of H-pyrrole nitrogens is 1. The van der Waals surface area contributed by atoms with E-state index in [1.807, 2.05) is 29.2 Å². The van der Waals surface area contributed by atoms with Crippen LogP contribution >= 0.6 is 22.9 Å². The van der Waals surface area contributed by atoms with E-state index in [0.717, 1.165) is 35.3 Å². The monoisotopic (exact) mass is 346 g/mol. The molecule has 1 aliphatic rings. The Kier molecular flexibility index (Phi) is 3.79. The summed E-state index contributed by atoms with van der Waals surface area (Å²) < 4.78 is 1.05. The summed E-state index contributed by atoms with van der Waals surface area (Å²) in [5.74, 6) is 1.08. The molecule has 1 fully saturated rings. The molecular weight excluding hydrogens is 332 g/mol. The van der Waals surface area contributed by atoms with E-state index in [4.69, 9.17) is 11.6 Å². The first-order valence-corrected chi connectivity index (χ1v) is 8.75. The molecule has 1 atom stereocenters. The molecule has 5 nitrogen and oxygen atoms in total. The lowest BCUT2D eigenvalue weighted by Crippen LogP contribution is -2.39. The maximum atomic E-state index is 12.9.